The molecule has 0 aliphatic carbocycles. The molecule has 154 valence electrons. The van der Waals surface area contributed by atoms with Crippen molar-refractivity contribution < 1.29 is 24.3 Å². The van der Waals surface area contributed by atoms with E-state index >= 15 is 0 Å². The maximum absolute atomic E-state index is 12.8. The zero-order chi connectivity index (χ0) is 21.1. The van der Waals surface area contributed by atoms with Crippen LogP contribution in [0, 0.1) is 0 Å². The molecule has 2 amide bonds. The highest BCUT2D eigenvalue weighted by Gasteiger charge is 2.54. The number of thioether (sulfide) groups is 1. The zero-order valence-corrected chi connectivity index (χ0v) is 17.1. The summed E-state index contributed by atoms with van der Waals surface area (Å²) in [6.45, 7) is 5.80. The monoisotopic (exact) mass is 437 g/mol. The van der Waals surface area contributed by atoms with E-state index in [4.69, 9.17) is 10.6 Å². The number of anilines is 1. The number of carboxylic acid groups (broad SMARTS) is 1. The van der Waals surface area contributed by atoms with E-state index < -0.39 is 29.2 Å². The molecule has 3 heterocycles. The number of oxime groups is 1. The minimum atomic E-state index is -1.21. The summed E-state index contributed by atoms with van der Waals surface area (Å²) in [6.07, 6.45) is 2.12. The second kappa shape index (κ2) is 8.66. The van der Waals surface area contributed by atoms with Crippen molar-refractivity contribution in [1.82, 2.24) is 15.2 Å². The van der Waals surface area contributed by atoms with Crippen molar-refractivity contribution in [3.63, 3.8) is 0 Å². The highest BCUT2D eigenvalue weighted by atomic mass is 32.2. The number of rotatable bonds is 8. The topological polar surface area (TPSA) is 147 Å². The van der Waals surface area contributed by atoms with Crippen LogP contribution in [0.2, 0.25) is 0 Å². The number of nitrogen functional groups attached to an aromatic ring is 1. The van der Waals surface area contributed by atoms with Crippen LogP contribution in [0.5, 0.6) is 0 Å². The lowest BCUT2D eigenvalue weighted by molar-refractivity contribution is -0.150. The Balaban J connectivity index is 1.79. The number of nitrogens with two attached hydrogens (primary N) is 1. The number of amides is 2. The first-order chi connectivity index (χ1) is 13.9. The molecule has 0 radical (unpaired) electrons. The van der Waals surface area contributed by atoms with Crippen LogP contribution in [-0.2, 0) is 19.2 Å². The molecule has 1 saturated heterocycles. The van der Waals surface area contributed by atoms with Crippen LogP contribution in [0.3, 0.4) is 0 Å². The number of nitrogens with zero attached hydrogens (tertiary/aromatic N) is 3. The van der Waals surface area contributed by atoms with Gasteiger partial charge in [-0.15, -0.1) is 23.1 Å². The number of aromatic nitrogens is 1. The number of allylic oxidation sites excluding steroid dienone is 1. The van der Waals surface area contributed by atoms with Crippen LogP contribution in [-0.4, -0.2) is 62.3 Å². The van der Waals surface area contributed by atoms with Gasteiger partial charge in [0.05, 0.1) is 0 Å². The molecular formula is C17H19N5O5S2. The first-order valence-electron chi connectivity index (χ1n) is 8.64. The van der Waals surface area contributed by atoms with Crippen LogP contribution in [0.4, 0.5) is 5.13 Å². The molecule has 1 fully saturated rings. The molecule has 4 N–H and O–H groups in total. The second-order valence-corrected chi connectivity index (χ2v) is 8.08. The summed E-state index contributed by atoms with van der Waals surface area (Å²) < 4.78 is 0. The minimum absolute atomic E-state index is 0.0979. The molecule has 0 spiro atoms. The zero-order valence-electron chi connectivity index (χ0n) is 15.5. The summed E-state index contributed by atoms with van der Waals surface area (Å²) in [6, 6.07) is -0.888. The molecule has 1 unspecified atom stereocenters. The Morgan fingerprint density at radius 2 is 2.34 bits per heavy atom. The van der Waals surface area contributed by atoms with Crippen LogP contribution >= 0.6 is 23.1 Å². The second-order valence-electron chi connectivity index (χ2n) is 6.09. The Kier molecular flexibility index (Phi) is 6.23. The molecule has 2 aliphatic rings. The van der Waals surface area contributed by atoms with Gasteiger partial charge in [0.1, 0.15) is 29.4 Å². The summed E-state index contributed by atoms with van der Waals surface area (Å²) in [5, 5.41) is 17.2. The third kappa shape index (κ3) is 3.98. The molecule has 0 saturated carbocycles. The Hall–Kier alpha value is -2.86. The van der Waals surface area contributed by atoms with Crippen molar-refractivity contribution in [2.75, 3.05) is 18.1 Å². The fraction of sp³-hybridized carbons (Fsp3) is 0.353. The lowest BCUT2D eigenvalue weighted by atomic mass is 10.0. The molecule has 1 aromatic heterocycles. The molecule has 2 atom stereocenters. The van der Waals surface area contributed by atoms with Crippen LogP contribution in [0.25, 0.3) is 0 Å². The molecule has 0 aromatic carbocycles. The van der Waals surface area contributed by atoms with E-state index in [-0.39, 0.29) is 22.2 Å². The first-order valence-corrected chi connectivity index (χ1v) is 10.6. The number of thiazole rings is 1. The molecule has 12 heteroatoms. The van der Waals surface area contributed by atoms with Crippen molar-refractivity contribution in [2.45, 2.75) is 24.8 Å². The number of carbonyl (C=O) groups is 3. The Bertz CT molecular complexity index is 925. The number of nitrogens with one attached hydrogen (secondary N) is 1. The Morgan fingerprint density at radius 1 is 1.59 bits per heavy atom. The predicted octanol–water partition coefficient (Wildman–Crippen LogP) is 0.781. The largest absolute Gasteiger partial charge is 0.477 e. The van der Waals surface area contributed by atoms with E-state index in [2.05, 4.69) is 22.0 Å². The van der Waals surface area contributed by atoms with Gasteiger partial charge in [-0.05, 0) is 12.0 Å². The molecule has 0 bridgehead atoms. The molecular weight excluding hydrogens is 418 g/mol. The van der Waals surface area contributed by atoms with E-state index in [1.165, 1.54) is 22.7 Å². The Morgan fingerprint density at radius 3 is 2.93 bits per heavy atom. The number of hydrogen-bond donors (Lipinski definition) is 3. The van der Waals surface area contributed by atoms with E-state index in [1.807, 2.05) is 6.92 Å². The van der Waals surface area contributed by atoms with Gasteiger partial charge in [-0.2, -0.15) is 0 Å². The first kappa shape index (κ1) is 20.9. The quantitative estimate of drug-likeness (QED) is 0.234. The lowest BCUT2D eigenvalue weighted by Crippen LogP contribution is -2.71. The molecule has 10 nitrogen and oxygen atoms in total. The molecule has 1 aromatic rings. The fourth-order valence-corrected chi connectivity index (χ4v) is 4.70. The van der Waals surface area contributed by atoms with Gasteiger partial charge < -0.3 is 21.0 Å². The average molecular weight is 438 g/mol. The van der Waals surface area contributed by atoms with Crippen LogP contribution < -0.4 is 11.1 Å². The van der Waals surface area contributed by atoms with Crippen molar-refractivity contribution in [2.24, 2.45) is 5.16 Å². The number of carbonyl (C=O) groups excluding carboxylic acids is 2. The molecule has 29 heavy (non-hydrogen) atoms. The number of β-lactam (4-membered cyclic amide) rings is 1. The van der Waals surface area contributed by atoms with E-state index in [0.29, 0.717) is 24.4 Å². The Labute approximate surface area is 174 Å². The maximum Gasteiger partial charge on any atom is 0.352 e. The van der Waals surface area contributed by atoms with Crippen molar-refractivity contribution in [1.29, 1.82) is 0 Å². The van der Waals surface area contributed by atoms with Crippen molar-refractivity contribution >= 4 is 51.7 Å². The fourth-order valence-electron chi connectivity index (χ4n) is 2.81. The van der Waals surface area contributed by atoms with Gasteiger partial charge in [0.25, 0.3) is 11.8 Å². The van der Waals surface area contributed by atoms with Crippen molar-refractivity contribution in [3.05, 3.63) is 35.0 Å². The van der Waals surface area contributed by atoms with Crippen LogP contribution in [0.15, 0.2) is 34.5 Å². The average Bonchev–Trinajstić information content (AvgIpc) is 3.13. The highest BCUT2D eigenvalue weighted by Crippen LogP contribution is 2.40. The lowest BCUT2D eigenvalue weighted by Gasteiger charge is -2.49. The van der Waals surface area contributed by atoms with Crippen LogP contribution in [0.1, 0.15) is 19.0 Å². The smallest absolute Gasteiger partial charge is 0.352 e. The predicted molar refractivity (Wildman–Crippen MR) is 109 cm³/mol. The summed E-state index contributed by atoms with van der Waals surface area (Å²) in [4.78, 5) is 47.3. The normalized spacial score (nSPS) is 21.3. The van der Waals surface area contributed by atoms with E-state index in [0.717, 1.165) is 11.3 Å². The number of aliphatic carboxylic acids is 1. The molecule has 3 rings (SSSR count). The van der Waals surface area contributed by atoms with Gasteiger partial charge in [-0.25, -0.2) is 9.78 Å². The summed E-state index contributed by atoms with van der Waals surface area (Å²) in [5.41, 5.74) is 6.13. The summed E-state index contributed by atoms with van der Waals surface area (Å²) >= 11 is 2.49. The van der Waals surface area contributed by atoms with Gasteiger partial charge in [-0.3, -0.25) is 14.5 Å². The van der Waals surface area contributed by atoms with E-state index in [1.54, 1.807) is 5.38 Å². The standard InChI is InChI=1S/C17H19N5O5S2/c1-3-5-27-21-10(9-7-29-17(18)19-9)13(23)20-11-14(24)22-12(16(25)26)8(4-2)6-28-15(11)22/h4,7,11,15H,2-3,5-6H2,1H3,(H2,18,19)(H,20,23)(H,25,26)/t11?,15-/m1/s1. The van der Waals surface area contributed by atoms with Gasteiger partial charge >= 0.3 is 5.97 Å². The van der Waals surface area contributed by atoms with Gasteiger partial charge in [0.15, 0.2) is 10.8 Å². The number of hydrogen-bond acceptors (Lipinski definition) is 9. The number of carboxylic acids is 1. The van der Waals surface area contributed by atoms with E-state index in [9.17, 15) is 19.5 Å². The third-order valence-corrected chi connectivity index (χ3v) is 6.14. The van der Waals surface area contributed by atoms with Gasteiger partial charge in [0, 0.05) is 11.1 Å². The SMILES string of the molecule is C=CC1=C(C(=O)O)N2C(=O)C(NC(=O)C(=NOCCC)c3csc(N)n3)[C@H]2SC1. The summed E-state index contributed by atoms with van der Waals surface area (Å²) in [5.74, 6) is -2.01. The van der Waals surface area contributed by atoms with Gasteiger partial charge in [0.2, 0.25) is 0 Å². The van der Waals surface area contributed by atoms with Crippen molar-refractivity contribution in [3.8, 4) is 0 Å². The van der Waals surface area contributed by atoms with Gasteiger partial charge in [-0.1, -0.05) is 24.7 Å². The maximum atomic E-state index is 12.8. The molecule has 2 aliphatic heterocycles. The highest BCUT2D eigenvalue weighted by molar-refractivity contribution is 8.00. The third-order valence-electron chi connectivity index (χ3n) is 4.16. The number of fused-ring (bicyclic) bond motifs is 1. The minimum Gasteiger partial charge on any atom is -0.477 e. The summed E-state index contributed by atoms with van der Waals surface area (Å²) in [7, 11) is 0.